The number of hydrogen-bond acceptors (Lipinski definition) is 1. The first kappa shape index (κ1) is 74.9. The monoisotopic (exact) mass is 1480 g/mol. The molecule has 0 aliphatic heterocycles. The van der Waals surface area contributed by atoms with E-state index in [0.717, 1.165) is 99.9 Å². The zero-order valence-corrected chi connectivity index (χ0v) is 71.1. The fourth-order valence-corrected chi connectivity index (χ4v) is 17.5. The van der Waals surface area contributed by atoms with Crippen molar-refractivity contribution < 1.29 is 4.39 Å². The first-order chi connectivity index (χ1) is 52.9. The third-order valence-electron chi connectivity index (χ3n) is 24.4. The summed E-state index contributed by atoms with van der Waals surface area (Å²) in [6.45, 7) is 55.3. The van der Waals surface area contributed by atoms with Gasteiger partial charge in [-0.3, -0.25) is 4.98 Å². The second-order valence-electron chi connectivity index (χ2n) is 41.0. The summed E-state index contributed by atoms with van der Waals surface area (Å²) in [6.07, 6.45) is 1.92. The van der Waals surface area contributed by atoms with Crippen molar-refractivity contribution in [3.05, 3.63) is 281 Å². The maximum atomic E-state index is 17.7. The lowest BCUT2D eigenvalue weighted by Crippen LogP contribution is -2.10. The summed E-state index contributed by atoms with van der Waals surface area (Å²) in [5.74, 6) is -0.342. The summed E-state index contributed by atoms with van der Waals surface area (Å²) in [5, 5.41) is 11.7. The van der Waals surface area contributed by atoms with E-state index in [1.807, 2.05) is 6.20 Å². The van der Waals surface area contributed by atoms with Crippen molar-refractivity contribution in [2.24, 2.45) is 0 Å². The standard InChI is InChI=1S/C107H110FN5/c1-100(2,3)67-28-36-91-83(53-67)84-54-68(101(4,5)6)29-37-92(84)110(91)76-49-64(50-77(61-76)111-93-38-30-69(102(7,8)9)55-85(93)86-56-70(103(10,11)12)31-39-94(86)111)63-46-66(48-75(108)47-63)99-82-27-25-26-80(81(82)44-45-109-99)65-51-78(112-95-40-32-71(104(13,14)15)57-87(95)88-58-72(105(16,17)18)33-41-96(88)112)62-79(52-65)113-97-42-34-73(106(19,20)21)59-89(97)90-60-74(107(22,23)24)35-43-98(90)113/h25-62H,1-24H3. The van der Waals surface area contributed by atoms with Gasteiger partial charge in [0.2, 0.25) is 0 Å². The third-order valence-corrected chi connectivity index (χ3v) is 24.4. The summed E-state index contributed by atoms with van der Waals surface area (Å²) in [4.78, 5) is 5.30. The Morgan fingerprint density at radius 3 is 0.708 bits per heavy atom. The van der Waals surface area contributed by atoms with E-state index in [4.69, 9.17) is 4.98 Å². The van der Waals surface area contributed by atoms with Crippen molar-refractivity contribution in [2.75, 3.05) is 0 Å². The van der Waals surface area contributed by atoms with Crippen LogP contribution in [0.25, 0.3) is 154 Å². The zero-order chi connectivity index (χ0) is 80.2. The highest BCUT2D eigenvalue weighted by molar-refractivity contribution is 6.14. The van der Waals surface area contributed by atoms with Crippen LogP contribution in [-0.2, 0) is 43.3 Å². The second kappa shape index (κ2) is 25.6. The van der Waals surface area contributed by atoms with E-state index in [2.05, 4.69) is 397 Å². The molecule has 570 valence electrons. The van der Waals surface area contributed by atoms with Gasteiger partial charge < -0.3 is 18.3 Å². The summed E-state index contributed by atoms with van der Waals surface area (Å²) in [7, 11) is 0. The molecule has 113 heavy (non-hydrogen) atoms. The molecule has 5 heterocycles. The number of pyridine rings is 1. The van der Waals surface area contributed by atoms with E-state index in [9.17, 15) is 0 Å². The summed E-state index contributed by atoms with van der Waals surface area (Å²) >= 11 is 0. The molecular formula is C107H110FN5. The number of fused-ring (bicyclic) bond motifs is 13. The minimum atomic E-state index is -0.342. The van der Waals surface area contributed by atoms with Gasteiger partial charge in [0.1, 0.15) is 5.82 Å². The Kier molecular flexibility index (Phi) is 17.0. The average Bonchev–Trinajstić information content (AvgIpc) is 1.58. The molecule has 0 bridgehead atoms. The first-order valence-corrected chi connectivity index (χ1v) is 40.8. The zero-order valence-electron chi connectivity index (χ0n) is 71.1. The number of nitrogens with zero attached hydrogens (tertiary/aromatic N) is 5. The highest BCUT2D eigenvalue weighted by Gasteiger charge is 2.30. The fourth-order valence-electron chi connectivity index (χ4n) is 17.5. The van der Waals surface area contributed by atoms with Gasteiger partial charge in [-0.05, 0) is 273 Å². The Bertz CT molecular complexity index is 6190. The Labute approximate surface area is 668 Å². The van der Waals surface area contributed by atoms with Gasteiger partial charge in [-0.2, -0.15) is 0 Å². The number of rotatable bonds is 7. The van der Waals surface area contributed by atoms with Gasteiger partial charge in [-0.25, -0.2) is 4.39 Å². The molecule has 0 unspecified atom stereocenters. The van der Waals surface area contributed by atoms with E-state index in [0.29, 0.717) is 11.3 Å². The quantitative estimate of drug-likeness (QED) is 0.157. The van der Waals surface area contributed by atoms with Crippen LogP contribution in [0.2, 0.25) is 0 Å². The molecule has 5 aromatic heterocycles. The van der Waals surface area contributed by atoms with Crippen LogP contribution in [0.4, 0.5) is 4.39 Å². The van der Waals surface area contributed by atoms with Gasteiger partial charge in [0.25, 0.3) is 0 Å². The molecule has 0 saturated carbocycles. The molecule has 0 saturated heterocycles. The molecule has 0 fully saturated rings. The van der Waals surface area contributed by atoms with Crippen LogP contribution in [0.1, 0.15) is 211 Å². The van der Waals surface area contributed by atoms with Crippen molar-refractivity contribution in [3.63, 3.8) is 0 Å². The normalized spacial score (nSPS) is 13.4. The maximum absolute atomic E-state index is 17.7. The van der Waals surface area contributed by atoms with Crippen LogP contribution in [0.3, 0.4) is 0 Å². The largest absolute Gasteiger partial charge is 0.309 e. The molecule has 0 aliphatic carbocycles. The van der Waals surface area contributed by atoms with Gasteiger partial charge in [-0.15, -0.1) is 0 Å². The average molecular weight is 1490 g/mol. The summed E-state index contributed by atoms with van der Waals surface area (Å²) < 4.78 is 27.7. The highest BCUT2D eigenvalue weighted by atomic mass is 19.1. The molecule has 0 N–H and O–H groups in total. The first-order valence-electron chi connectivity index (χ1n) is 40.8. The summed E-state index contributed by atoms with van der Waals surface area (Å²) in [5.41, 5.74) is 28.0. The number of aromatic nitrogens is 5. The Morgan fingerprint density at radius 2 is 0.451 bits per heavy atom. The predicted octanol–water partition coefficient (Wildman–Crippen LogP) is 30.1. The number of halogens is 1. The van der Waals surface area contributed by atoms with Crippen LogP contribution in [0.5, 0.6) is 0 Å². The van der Waals surface area contributed by atoms with Crippen LogP contribution in [-0.4, -0.2) is 23.3 Å². The molecule has 0 aliphatic rings. The van der Waals surface area contributed by atoms with Crippen LogP contribution in [0.15, 0.2) is 231 Å². The summed E-state index contributed by atoms with van der Waals surface area (Å²) in [6, 6.07) is 85.2. The van der Waals surface area contributed by atoms with E-state index >= 15 is 4.39 Å². The van der Waals surface area contributed by atoms with E-state index < -0.39 is 0 Å². The van der Waals surface area contributed by atoms with E-state index in [1.54, 1.807) is 12.1 Å². The minimum Gasteiger partial charge on any atom is -0.309 e. The number of hydrogen-bond donors (Lipinski definition) is 0. The van der Waals surface area contributed by atoms with Gasteiger partial charge in [0, 0.05) is 83.0 Å². The van der Waals surface area contributed by atoms with Crippen LogP contribution < -0.4 is 0 Å². The maximum Gasteiger partial charge on any atom is 0.124 e. The Balaban J connectivity index is 0.906. The topological polar surface area (TPSA) is 32.6 Å². The predicted molar refractivity (Wildman–Crippen MR) is 485 cm³/mol. The molecule has 5 nitrogen and oxygen atoms in total. The van der Waals surface area contributed by atoms with Gasteiger partial charge in [0.05, 0.1) is 49.8 Å². The molecule has 17 aromatic rings. The van der Waals surface area contributed by atoms with Crippen molar-refractivity contribution in [2.45, 2.75) is 209 Å². The van der Waals surface area contributed by atoms with Crippen molar-refractivity contribution in [3.8, 4) is 56.3 Å². The van der Waals surface area contributed by atoms with E-state index in [-0.39, 0.29) is 49.1 Å². The fraction of sp³-hybridized carbons (Fsp3) is 0.299. The van der Waals surface area contributed by atoms with Crippen LogP contribution in [0, 0.1) is 5.82 Å². The molecule has 0 radical (unpaired) electrons. The van der Waals surface area contributed by atoms with Crippen LogP contribution >= 0.6 is 0 Å². The lowest BCUT2D eigenvalue weighted by atomic mass is 9.85. The molecule has 6 heteroatoms. The Morgan fingerprint density at radius 1 is 0.212 bits per heavy atom. The van der Waals surface area contributed by atoms with Gasteiger partial charge >= 0.3 is 0 Å². The van der Waals surface area contributed by atoms with Gasteiger partial charge in [-0.1, -0.05) is 233 Å². The second-order valence-corrected chi connectivity index (χ2v) is 41.0. The van der Waals surface area contributed by atoms with Crippen molar-refractivity contribution in [1.82, 2.24) is 23.3 Å². The molecule has 0 spiro atoms. The smallest absolute Gasteiger partial charge is 0.124 e. The Hall–Kier alpha value is -10.8. The lowest BCUT2D eigenvalue weighted by Gasteiger charge is -2.20. The highest BCUT2D eigenvalue weighted by Crippen LogP contribution is 2.48. The molecule has 17 rings (SSSR count). The minimum absolute atomic E-state index is 0.0664. The number of benzene rings is 12. The molecule has 12 aromatic carbocycles. The molecule has 0 amide bonds. The van der Waals surface area contributed by atoms with Crippen molar-refractivity contribution in [1.29, 1.82) is 0 Å². The molecule has 0 atom stereocenters. The van der Waals surface area contributed by atoms with Gasteiger partial charge in [0.15, 0.2) is 0 Å². The third kappa shape index (κ3) is 13.0. The SMILES string of the molecule is CC(C)(C)c1ccc2c(c1)c1cc(C(C)(C)C)ccc1n2-c1cc(-c2cc(F)cc(-c3nccc4c(-c5cc(-n6c7ccc(C(C)(C)C)cc7c7cc(C(C)(C)C)ccc76)cc(-n6c7ccc(C(C)(C)C)cc7c7cc(C(C)(C)C)ccc76)c5)cccc34)c2)cc(-n2c3ccc(C(C)(C)C)cc3c3cc(C(C)(C)C)ccc32)c1. The lowest BCUT2D eigenvalue weighted by molar-refractivity contribution is 0.590. The molecular weight excluding hydrogens is 1370 g/mol. The van der Waals surface area contributed by atoms with Crippen molar-refractivity contribution >= 4 is 98.0 Å². The van der Waals surface area contributed by atoms with E-state index in [1.165, 1.54) is 87.6 Å².